The normalized spacial score (nSPS) is 10.9. The Morgan fingerprint density at radius 3 is 0.471 bits per heavy atom. The van der Waals surface area contributed by atoms with E-state index < -0.39 is 5.78 Å². The van der Waals surface area contributed by atoms with Crippen LogP contribution in [0.15, 0.2) is 255 Å². The average Bonchev–Trinajstić information content (AvgIpc) is 3.45. The van der Waals surface area contributed by atoms with Gasteiger partial charge < -0.3 is 0 Å². The van der Waals surface area contributed by atoms with E-state index in [1.807, 2.05) is 170 Å². The molecule has 10 aromatic rings. The highest BCUT2D eigenvalue weighted by atomic mass is 16.1. The molecule has 332 valence electrons. The van der Waals surface area contributed by atoms with Crippen LogP contribution in [0, 0.1) is 0 Å². The maximum absolute atomic E-state index is 15.1. The molecule has 5 heteroatoms. The minimum absolute atomic E-state index is 0.0402. The molecule has 0 saturated heterocycles. The highest BCUT2D eigenvalue weighted by Gasteiger charge is 2.23. The molecular weight excluding hydrogens is 861 g/mol. The third kappa shape index (κ3) is 9.54. The molecule has 0 bridgehead atoms. The first-order valence-electron chi connectivity index (χ1n) is 22.9. The lowest BCUT2D eigenvalue weighted by Gasteiger charge is -2.13. The highest BCUT2D eigenvalue weighted by molar-refractivity contribution is 6.20. The number of benzene rings is 10. The summed E-state index contributed by atoms with van der Waals surface area (Å²) in [6, 6.07) is 76.9. The van der Waals surface area contributed by atoms with E-state index >= 15 is 4.79 Å². The number of carbonyl (C=O) groups is 5. The molecular formula is C65H42O5. The number of carbonyl (C=O) groups excluding carboxylic acids is 5. The standard InChI is InChI=1S/C65H42O5/c66-61(51-29-21-47(22-30-51)43-13-5-1-6-14-43)55-37-56(62(67)52-31-23-48(24-32-52)44-15-7-2-8-16-44)40-59(39-55)65(70)60-41-57(63(68)53-33-25-49(26-34-53)45-17-9-3-10-18-45)38-58(42-60)64(69)54-35-27-50(28-36-54)46-19-11-4-12-20-46/h1-42H. The van der Waals surface area contributed by atoms with Gasteiger partial charge in [-0.25, -0.2) is 0 Å². The van der Waals surface area contributed by atoms with Crippen molar-refractivity contribution in [3.8, 4) is 44.5 Å². The zero-order valence-corrected chi connectivity index (χ0v) is 37.8. The minimum Gasteiger partial charge on any atom is -0.289 e. The summed E-state index contributed by atoms with van der Waals surface area (Å²) in [6.45, 7) is 0. The van der Waals surface area contributed by atoms with Crippen LogP contribution in [-0.2, 0) is 0 Å². The molecule has 0 aliphatic heterocycles. The van der Waals surface area contributed by atoms with Crippen LogP contribution in [0.25, 0.3) is 44.5 Å². The summed E-state index contributed by atoms with van der Waals surface area (Å²) in [7, 11) is 0. The number of ketones is 5. The number of hydrogen-bond donors (Lipinski definition) is 0. The second-order valence-corrected chi connectivity index (χ2v) is 17.0. The molecule has 0 unspecified atom stereocenters. The molecule has 0 spiro atoms. The fraction of sp³-hybridized carbons (Fsp3) is 0. The molecule has 0 amide bonds. The van der Waals surface area contributed by atoms with Gasteiger partial charge in [0.15, 0.2) is 28.9 Å². The van der Waals surface area contributed by atoms with Crippen molar-refractivity contribution in [1.29, 1.82) is 0 Å². The SMILES string of the molecule is O=C(c1ccc(-c2ccccc2)cc1)c1cc(C(=O)c2ccc(-c3ccccc3)cc2)cc(C(=O)c2cc(C(=O)c3ccc(-c4ccccc4)cc3)cc(C(=O)c3ccc(-c4ccccc4)cc3)c2)c1. The van der Waals surface area contributed by atoms with Gasteiger partial charge in [-0.3, -0.25) is 24.0 Å². The van der Waals surface area contributed by atoms with Crippen LogP contribution in [0.1, 0.15) is 79.6 Å². The van der Waals surface area contributed by atoms with E-state index in [0.29, 0.717) is 22.3 Å². The van der Waals surface area contributed by atoms with Gasteiger partial charge in [-0.1, -0.05) is 218 Å². The van der Waals surface area contributed by atoms with E-state index in [-0.39, 0.29) is 56.5 Å². The van der Waals surface area contributed by atoms with Crippen molar-refractivity contribution in [2.24, 2.45) is 0 Å². The van der Waals surface area contributed by atoms with Crippen molar-refractivity contribution in [2.75, 3.05) is 0 Å². The Bertz CT molecular complexity index is 3080. The lowest BCUT2D eigenvalue weighted by atomic mass is 9.89. The van der Waals surface area contributed by atoms with Gasteiger partial charge in [0.2, 0.25) is 0 Å². The van der Waals surface area contributed by atoms with Crippen molar-refractivity contribution in [3.05, 3.63) is 310 Å². The predicted octanol–water partition coefficient (Wildman–Crippen LogP) is 14.5. The largest absolute Gasteiger partial charge is 0.289 e. The van der Waals surface area contributed by atoms with E-state index in [4.69, 9.17) is 0 Å². The smallest absolute Gasteiger partial charge is 0.193 e. The molecule has 0 saturated carbocycles. The molecule has 70 heavy (non-hydrogen) atoms. The Morgan fingerprint density at radius 2 is 0.300 bits per heavy atom. The van der Waals surface area contributed by atoms with Crippen LogP contribution in [0.4, 0.5) is 0 Å². The van der Waals surface area contributed by atoms with Gasteiger partial charge in [-0.05, 0) is 80.9 Å². The Kier molecular flexibility index (Phi) is 12.6. The molecule has 0 fully saturated rings. The summed E-state index contributed by atoms with van der Waals surface area (Å²) in [5, 5.41) is 0. The van der Waals surface area contributed by atoms with Gasteiger partial charge in [0.05, 0.1) is 0 Å². The molecule has 0 aliphatic carbocycles. The molecule has 0 atom stereocenters. The molecule has 5 nitrogen and oxygen atoms in total. The molecule has 0 radical (unpaired) electrons. The van der Waals surface area contributed by atoms with Crippen LogP contribution in [-0.4, -0.2) is 28.9 Å². The zero-order chi connectivity index (χ0) is 48.0. The summed E-state index contributed by atoms with van der Waals surface area (Å²) in [4.78, 5) is 72.8. The van der Waals surface area contributed by atoms with Gasteiger partial charge in [-0.15, -0.1) is 0 Å². The van der Waals surface area contributed by atoms with Gasteiger partial charge in [-0.2, -0.15) is 0 Å². The van der Waals surface area contributed by atoms with Crippen LogP contribution in [0.3, 0.4) is 0 Å². The lowest BCUT2D eigenvalue weighted by Crippen LogP contribution is -2.13. The van der Waals surface area contributed by atoms with E-state index in [1.165, 1.54) is 36.4 Å². The molecule has 10 aromatic carbocycles. The Hall–Kier alpha value is -9.45. The summed E-state index contributed by atoms with van der Waals surface area (Å²) in [5.41, 5.74) is 9.74. The van der Waals surface area contributed by atoms with E-state index in [2.05, 4.69) is 0 Å². The van der Waals surface area contributed by atoms with Crippen molar-refractivity contribution < 1.29 is 24.0 Å². The molecule has 0 aliphatic rings. The molecule has 10 rings (SSSR count). The van der Waals surface area contributed by atoms with Crippen molar-refractivity contribution in [1.82, 2.24) is 0 Å². The predicted molar refractivity (Wildman–Crippen MR) is 278 cm³/mol. The first-order chi connectivity index (χ1) is 34.3. The fourth-order valence-electron chi connectivity index (χ4n) is 8.65. The maximum atomic E-state index is 15.1. The van der Waals surface area contributed by atoms with E-state index in [0.717, 1.165) is 44.5 Å². The minimum atomic E-state index is -0.579. The first-order valence-corrected chi connectivity index (χ1v) is 22.9. The zero-order valence-electron chi connectivity index (χ0n) is 37.8. The van der Waals surface area contributed by atoms with Crippen molar-refractivity contribution in [2.45, 2.75) is 0 Å². The first kappa shape index (κ1) is 44.4. The summed E-state index contributed by atoms with van der Waals surface area (Å²) >= 11 is 0. The Balaban J connectivity index is 1.05. The number of rotatable bonds is 14. The average molecular weight is 903 g/mol. The quantitative estimate of drug-likeness (QED) is 0.101. The monoisotopic (exact) mass is 902 g/mol. The molecule has 0 heterocycles. The van der Waals surface area contributed by atoms with Crippen molar-refractivity contribution in [3.63, 3.8) is 0 Å². The number of hydrogen-bond acceptors (Lipinski definition) is 5. The summed E-state index contributed by atoms with van der Waals surface area (Å²) < 4.78 is 0. The Labute approximate surface area is 406 Å². The third-order valence-electron chi connectivity index (χ3n) is 12.5. The third-order valence-corrected chi connectivity index (χ3v) is 12.5. The van der Waals surface area contributed by atoms with Gasteiger partial charge >= 0.3 is 0 Å². The lowest BCUT2D eigenvalue weighted by molar-refractivity contribution is 0.102. The van der Waals surface area contributed by atoms with E-state index in [1.54, 1.807) is 48.5 Å². The van der Waals surface area contributed by atoms with Crippen LogP contribution in [0.2, 0.25) is 0 Å². The summed E-state index contributed by atoms with van der Waals surface area (Å²) in [6.07, 6.45) is 0. The van der Waals surface area contributed by atoms with Crippen LogP contribution in [0.5, 0.6) is 0 Å². The second kappa shape index (κ2) is 19.8. The molecule has 0 aromatic heterocycles. The summed E-state index contributed by atoms with van der Waals surface area (Å²) in [5.74, 6) is -2.13. The van der Waals surface area contributed by atoms with Gasteiger partial charge in [0.25, 0.3) is 0 Å². The Morgan fingerprint density at radius 1 is 0.157 bits per heavy atom. The van der Waals surface area contributed by atoms with Crippen LogP contribution < -0.4 is 0 Å². The fourth-order valence-corrected chi connectivity index (χ4v) is 8.65. The van der Waals surface area contributed by atoms with Crippen LogP contribution >= 0.6 is 0 Å². The second-order valence-electron chi connectivity index (χ2n) is 17.0. The topological polar surface area (TPSA) is 85.3 Å². The van der Waals surface area contributed by atoms with Crippen molar-refractivity contribution >= 4 is 28.9 Å². The van der Waals surface area contributed by atoms with Gasteiger partial charge in [0, 0.05) is 55.6 Å². The van der Waals surface area contributed by atoms with E-state index in [9.17, 15) is 19.2 Å². The van der Waals surface area contributed by atoms with Gasteiger partial charge in [0.1, 0.15) is 0 Å². The highest BCUT2D eigenvalue weighted by Crippen LogP contribution is 2.28. The molecule has 0 N–H and O–H groups in total. The maximum Gasteiger partial charge on any atom is 0.193 e.